The molecule has 2 N–H and O–H groups in total. The SMILES string of the molecule is COc1ncnc(NCCc2ccc(O)cc2)c1[N+](=O)[O-]. The maximum atomic E-state index is 11.0. The second-order valence-corrected chi connectivity index (χ2v) is 4.18. The lowest BCUT2D eigenvalue weighted by atomic mass is 10.1. The first-order valence-corrected chi connectivity index (χ1v) is 6.17. The van der Waals surface area contributed by atoms with Crippen LogP contribution in [0.25, 0.3) is 0 Å². The van der Waals surface area contributed by atoms with Gasteiger partial charge >= 0.3 is 5.69 Å². The number of nitrogens with one attached hydrogen (secondary N) is 1. The van der Waals surface area contributed by atoms with E-state index in [-0.39, 0.29) is 23.1 Å². The number of nitro groups is 1. The van der Waals surface area contributed by atoms with Crippen LogP contribution in [0.15, 0.2) is 30.6 Å². The molecule has 0 amide bonds. The number of ether oxygens (including phenoxy) is 1. The van der Waals surface area contributed by atoms with Gasteiger partial charge in [0.1, 0.15) is 12.1 Å². The molecule has 0 radical (unpaired) electrons. The highest BCUT2D eigenvalue weighted by Gasteiger charge is 2.23. The fourth-order valence-electron chi connectivity index (χ4n) is 1.79. The molecule has 0 aliphatic rings. The van der Waals surface area contributed by atoms with Gasteiger partial charge in [-0.1, -0.05) is 12.1 Å². The Morgan fingerprint density at radius 1 is 1.33 bits per heavy atom. The van der Waals surface area contributed by atoms with Crippen molar-refractivity contribution in [1.29, 1.82) is 0 Å². The number of aromatic nitrogens is 2. The zero-order chi connectivity index (χ0) is 15.2. The summed E-state index contributed by atoms with van der Waals surface area (Å²) in [6.45, 7) is 0.450. The second kappa shape index (κ2) is 6.51. The number of rotatable bonds is 6. The molecule has 1 aromatic carbocycles. The third-order valence-electron chi connectivity index (χ3n) is 2.81. The van der Waals surface area contributed by atoms with Crippen molar-refractivity contribution in [3.05, 3.63) is 46.3 Å². The Morgan fingerprint density at radius 2 is 2.05 bits per heavy atom. The number of methoxy groups -OCH3 is 1. The number of hydrogen-bond acceptors (Lipinski definition) is 7. The summed E-state index contributed by atoms with van der Waals surface area (Å²) < 4.78 is 4.86. The van der Waals surface area contributed by atoms with E-state index in [1.54, 1.807) is 24.3 Å². The number of phenols is 1. The predicted octanol–water partition coefficient (Wildman–Crippen LogP) is 1.75. The zero-order valence-corrected chi connectivity index (χ0v) is 11.3. The molecule has 21 heavy (non-hydrogen) atoms. The van der Waals surface area contributed by atoms with E-state index in [0.717, 1.165) is 5.56 Å². The summed E-state index contributed by atoms with van der Waals surface area (Å²) in [5.41, 5.74) is 0.703. The maximum Gasteiger partial charge on any atom is 0.372 e. The van der Waals surface area contributed by atoms with Crippen LogP contribution < -0.4 is 10.1 Å². The van der Waals surface area contributed by atoms with E-state index in [1.807, 2.05) is 0 Å². The number of aromatic hydroxyl groups is 1. The summed E-state index contributed by atoms with van der Waals surface area (Å²) >= 11 is 0. The normalized spacial score (nSPS) is 10.1. The Balaban J connectivity index is 2.06. The van der Waals surface area contributed by atoms with Crippen LogP contribution in [-0.2, 0) is 6.42 Å². The number of hydrogen-bond donors (Lipinski definition) is 2. The average molecular weight is 290 g/mol. The van der Waals surface area contributed by atoms with E-state index < -0.39 is 4.92 Å². The van der Waals surface area contributed by atoms with Gasteiger partial charge in [-0.15, -0.1) is 0 Å². The van der Waals surface area contributed by atoms with Gasteiger partial charge in [-0.05, 0) is 24.1 Å². The molecule has 0 unspecified atom stereocenters. The Hall–Kier alpha value is -2.90. The van der Waals surface area contributed by atoms with Gasteiger partial charge in [-0.3, -0.25) is 10.1 Å². The zero-order valence-electron chi connectivity index (χ0n) is 11.3. The minimum Gasteiger partial charge on any atom is -0.508 e. The topological polar surface area (TPSA) is 110 Å². The molecule has 0 atom stereocenters. The summed E-state index contributed by atoms with van der Waals surface area (Å²) in [5.74, 6) is 0.232. The van der Waals surface area contributed by atoms with Crippen molar-refractivity contribution in [3.8, 4) is 11.6 Å². The number of benzene rings is 1. The molecule has 0 saturated heterocycles. The minimum absolute atomic E-state index is 0.0814. The molecule has 0 bridgehead atoms. The van der Waals surface area contributed by atoms with E-state index in [0.29, 0.717) is 13.0 Å². The molecule has 8 heteroatoms. The molecular weight excluding hydrogens is 276 g/mol. The van der Waals surface area contributed by atoms with Crippen LogP contribution >= 0.6 is 0 Å². The van der Waals surface area contributed by atoms with Crippen LogP contribution in [0.3, 0.4) is 0 Å². The number of phenolic OH excluding ortho intramolecular Hbond substituents is 1. The summed E-state index contributed by atoms with van der Waals surface area (Å²) in [5, 5.41) is 23.1. The molecule has 2 rings (SSSR count). The molecule has 0 saturated carbocycles. The van der Waals surface area contributed by atoms with E-state index in [4.69, 9.17) is 4.74 Å². The van der Waals surface area contributed by atoms with Gasteiger partial charge in [0.2, 0.25) is 5.82 Å². The number of nitrogens with zero attached hydrogens (tertiary/aromatic N) is 3. The Bertz CT molecular complexity index is 631. The molecule has 8 nitrogen and oxygen atoms in total. The van der Waals surface area contributed by atoms with Crippen LogP contribution in [-0.4, -0.2) is 33.7 Å². The van der Waals surface area contributed by atoms with Crippen LogP contribution in [0, 0.1) is 10.1 Å². The third-order valence-corrected chi connectivity index (χ3v) is 2.81. The second-order valence-electron chi connectivity index (χ2n) is 4.18. The fourth-order valence-corrected chi connectivity index (χ4v) is 1.79. The van der Waals surface area contributed by atoms with E-state index in [2.05, 4.69) is 15.3 Å². The predicted molar refractivity (Wildman–Crippen MR) is 75.5 cm³/mol. The first-order valence-electron chi connectivity index (χ1n) is 6.17. The van der Waals surface area contributed by atoms with E-state index >= 15 is 0 Å². The molecule has 1 heterocycles. The van der Waals surface area contributed by atoms with Gasteiger partial charge in [0.15, 0.2) is 0 Å². The van der Waals surface area contributed by atoms with Crippen molar-refractivity contribution in [2.45, 2.75) is 6.42 Å². The van der Waals surface area contributed by atoms with Crippen molar-refractivity contribution >= 4 is 11.5 Å². The molecule has 0 fully saturated rings. The molecule has 2 aromatic rings. The highest BCUT2D eigenvalue weighted by Crippen LogP contribution is 2.30. The maximum absolute atomic E-state index is 11.0. The number of anilines is 1. The smallest absolute Gasteiger partial charge is 0.372 e. The summed E-state index contributed by atoms with van der Waals surface area (Å²) in [4.78, 5) is 18.1. The molecular formula is C13H14N4O4. The van der Waals surface area contributed by atoms with Gasteiger partial charge < -0.3 is 15.2 Å². The van der Waals surface area contributed by atoms with Gasteiger partial charge in [0.05, 0.1) is 12.0 Å². The summed E-state index contributed by atoms with van der Waals surface area (Å²) in [6.07, 6.45) is 1.83. The van der Waals surface area contributed by atoms with Crippen LogP contribution in [0.4, 0.5) is 11.5 Å². The van der Waals surface area contributed by atoms with Crippen LogP contribution in [0.5, 0.6) is 11.6 Å². The minimum atomic E-state index is -0.582. The third kappa shape index (κ3) is 3.56. The Morgan fingerprint density at radius 3 is 2.67 bits per heavy atom. The fraction of sp³-hybridized carbons (Fsp3) is 0.231. The molecule has 110 valence electrons. The van der Waals surface area contributed by atoms with Crippen LogP contribution in [0.1, 0.15) is 5.56 Å². The summed E-state index contributed by atoms with van der Waals surface area (Å²) in [6, 6.07) is 6.75. The monoisotopic (exact) mass is 290 g/mol. The Kier molecular flexibility index (Phi) is 4.50. The van der Waals surface area contributed by atoms with E-state index in [1.165, 1.54) is 13.4 Å². The van der Waals surface area contributed by atoms with Gasteiger partial charge in [-0.2, -0.15) is 4.98 Å². The molecule has 0 aliphatic carbocycles. The van der Waals surface area contributed by atoms with E-state index in [9.17, 15) is 15.2 Å². The molecule has 1 aromatic heterocycles. The lowest BCUT2D eigenvalue weighted by molar-refractivity contribution is -0.385. The lowest BCUT2D eigenvalue weighted by Gasteiger charge is -2.07. The lowest BCUT2D eigenvalue weighted by Crippen LogP contribution is -2.10. The molecule has 0 aliphatic heterocycles. The van der Waals surface area contributed by atoms with Crippen LogP contribution in [0.2, 0.25) is 0 Å². The summed E-state index contributed by atoms with van der Waals surface area (Å²) in [7, 11) is 1.32. The van der Waals surface area contributed by atoms with Crippen molar-refractivity contribution in [3.63, 3.8) is 0 Å². The quantitative estimate of drug-likeness (QED) is 0.616. The first kappa shape index (κ1) is 14.5. The van der Waals surface area contributed by atoms with Gasteiger partial charge in [0, 0.05) is 6.54 Å². The average Bonchev–Trinajstić information content (AvgIpc) is 2.48. The van der Waals surface area contributed by atoms with Crippen molar-refractivity contribution in [1.82, 2.24) is 9.97 Å². The highest BCUT2D eigenvalue weighted by molar-refractivity contribution is 5.61. The highest BCUT2D eigenvalue weighted by atomic mass is 16.6. The standard InChI is InChI=1S/C13H14N4O4/c1-21-13-11(17(19)20)12(15-8-16-13)14-7-6-9-2-4-10(18)5-3-9/h2-5,8,18H,6-7H2,1H3,(H,14,15,16). The van der Waals surface area contributed by atoms with Crippen molar-refractivity contribution < 1.29 is 14.8 Å². The largest absolute Gasteiger partial charge is 0.508 e. The molecule has 0 spiro atoms. The van der Waals surface area contributed by atoms with Gasteiger partial charge in [-0.25, -0.2) is 4.98 Å². The first-order chi connectivity index (χ1) is 10.1. The van der Waals surface area contributed by atoms with Crippen molar-refractivity contribution in [2.24, 2.45) is 0 Å². The van der Waals surface area contributed by atoms with Gasteiger partial charge in [0.25, 0.3) is 5.88 Å². The Labute approximate surface area is 120 Å². The van der Waals surface area contributed by atoms with Crippen molar-refractivity contribution in [2.75, 3.05) is 19.0 Å².